The van der Waals surface area contributed by atoms with Gasteiger partial charge in [-0.05, 0) is 43.7 Å². The van der Waals surface area contributed by atoms with Gasteiger partial charge in [0, 0.05) is 0 Å². The minimum atomic E-state index is -3.69. The van der Waals surface area contributed by atoms with Crippen LogP contribution in [0, 0.1) is 13.8 Å². The highest BCUT2D eigenvalue weighted by atomic mass is 32.2. The fourth-order valence-corrected chi connectivity index (χ4v) is 3.60. The molecule has 116 valence electrons. The molecule has 2 aromatic carbocycles. The lowest BCUT2D eigenvalue weighted by Gasteiger charge is -2.25. The Bertz CT molecular complexity index is 781. The Hall–Kier alpha value is -2.27. The maximum Gasteiger partial charge on any atom is 0.264 e. The van der Waals surface area contributed by atoms with Crippen molar-refractivity contribution in [3.63, 3.8) is 0 Å². The first-order chi connectivity index (χ1) is 10.4. The van der Waals surface area contributed by atoms with Gasteiger partial charge in [-0.15, -0.1) is 6.58 Å². The lowest BCUT2D eigenvalue weighted by Crippen LogP contribution is -2.31. The molecule has 0 unspecified atom stereocenters. The van der Waals surface area contributed by atoms with Crippen molar-refractivity contribution in [2.75, 3.05) is 16.6 Å². The fraction of sp³-hybridized carbons (Fsp3) is 0.176. The van der Waals surface area contributed by atoms with Crippen molar-refractivity contribution >= 4 is 21.4 Å². The molecular weight excluding hydrogens is 296 g/mol. The fourth-order valence-electron chi connectivity index (χ4n) is 2.15. The Kier molecular flexibility index (Phi) is 4.56. The molecule has 0 bridgehead atoms. The molecule has 0 aliphatic heterocycles. The van der Waals surface area contributed by atoms with Gasteiger partial charge in [0.05, 0.1) is 22.8 Å². The molecule has 0 saturated carbocycles. The summed E-state index contributed by atoms with van der Waals surface area (Å²) in [6.07, 6.45) is 1.55. The summed E-state index contributed by atoms with van der Waals surface area (Å²) >= 11 is 0. The maximum absolute atomic E-state index is 12.9. The van der Waals surface area contributed by atoms with E-state index in [0.717, 1.165) is 11.1 Å². The Balaban J connectivity index is 2.57. The number of nitrogen functional groups attached to an aromatic ring is 1. The average Bonchev–Trinajstić information content (AvgIpc) is 2.48. The summed E-state index contributed by atoms with van der Waals surface area (Å²) in [4.78, 5) is 0.237. The number of nitrogens with two attached hydrogens (primary N) is 1. The van der Waals surface area contributed by atoms with Gasteiger partial charge >= 0.3 is 0 Å². The Morgan fingerprint density at radius 2 is 1.68 bits per heavy atom. The van der Waals surface area contributed by atoms with Gasteiger partial charge in [0.1, 0.15) is 0 Å². The van der Waals surface area contributed by atoms with E-state index in [9.17, 15) is 8.42 Å². The number of hydrogen-bond acceptors (Lipinski definition) is 3. The van der Waals surface area contributed by atoms with Gasteiger partial charge in [-0.2, -0.15) is 0 Å². The normalized spacial score (nSPS) is 11.2. The third-order valence-corrected chi connectivity index (χ3v) is 5.15. The number of anilines is 2. The van der Waals surface area contributed by atoms with E-state index in [1.807, 2.05) is 19.9 Å². The summed E-state index contributed by atoms with van der Waals surface area (Å²) in [7, 11) is -3.69. The quantitative estimate of drug-likeness (QED) is 0.680. The molecule has 0 aliphatic carbocycles. The highest BCUT2D eigenvalue weighted by Crippen LogP contribution is 2.29. The third kappa shape index (κ3) is 3.14. The van der Waals surface area contributed by atoms with Crippen LogP contribution in [0.1, 0.15) is 11.1 Å². The zero-order valence-electron chi connectivity index (χ0n) is 12.8. The van der Waals surface area contributed by atoms with E-state index in [1.165, 1.54) is 4.31 Å². The molecule has 0 atom stereocenters. The van der Waals surface area contributed by atoms with E-state index < -0.39 is 10.0 Å². The van der Waals surface area contributed by atoms with E-state index in [1.54, 1.807) is 42.5 Å². The molecule has 2 rings (SSSR count). The topological polar surface area (TPSA) is 63.4 Å². The lowest BCUT2D eigenvalue weighted by atomic mass is 10.2. The monoisotopic (exact) mass is 316 g/mol. The second-order valence-electron chi connectivity index (χ2n) is 5.20. The standard InChI is InChI=1S/C17H20N2O2S/c1-4-11-19(17-12-14(3)7-10-16(17)18)22(20,21)15-8-5-13(2)6-9-15/h4-10,12H,1,11,18H2,2-3H3. The van der Waals surface area contributed by atoms with Gasteiger partial charge in [0.25, 0.3) is 10.0 Å². The summed E-state index contributed by atoms with van der Waals surface area (Å²) < 4.78 is 27.1. The Labute approximate surface area is 131 Å². The molecule has 4 nitrogen and oxygen atoms in total. The first-order valence-corrected chi connectivity index (χ1v) is 8.36. The molecule has 5 heteroatoms. The molecule has 0 aromatic heterocycles. The van der Waals surface area contributed by atoms with Crippen LogP contribution in [0.2, 0.25) is 0 Å². The highest BCUT2D eigenvalue weighted by molar-refractivity contribution is 7.92. The van der Waals surface area contributed by atoms with Crippen LogP contribution in [-0.4, -0.2) is 15.0 Å². The first kappa shape index (κ1) is 16.1. The molecular formula is C17H20N2O2S. The van der Waals surface area contributed by atoms with Crippen molar-refractivity contribution in [3.05, 3.63) is 66.2 Å². The van der Waals surface area contributed by atoms with E-state index in [0.29, 0.717) is 11.4 Å². The van der Waals surface area contributed by atoms with Crippen molar-refractivity contribution in [1.29, 1.82) is 0 Å². The van der Waals surface area contributed by atoms with Gasteiger partial charge < -0.3 is 5.73 Å². The van der Waals surface area contributed by atoms with Gasteiger partial charge in [-0.3, -0.25) is 4.31 Å². The van der Waals surface area contributed by atoms with Crippen LogP contribution in [0.5, 0.6) is 0 Å². The molecule has 0 amide bonds. The third-order valence-electron chi connectivity index (χ3n) is 3.36. The van der Waals surface area contributed by atoms with Crippen LogP contribution in [-0.2, 0) is 10.0 Å². The SMILES string of the molecule is C=CCN(c1cc(C)ccc1N)S(=O)(=O)c1ccc(C)cc1. The smallest absolute Gasteiger partial charge is 0.264 e. The molecule has 0 heterocycles. The summed E-state index contributed by atoms with van der Waals surface area (Å²) in [5.41, 5.74) is 8.82. The summed E-state index contributed by atoms with van der Waals surface area (Å²) in [5, 5.41) is 0. The molecule has 0 radical (unpaired) electrons. The van der Waals surface area contributed by atoms with E-state index in [2.05, 4.69) is 6.58 Å². The van der Waals surface area contributed by atoms with Crippen LogP contribution in [0.15, 0.2) is 60.0 Å². The van der Waals surface area contributed by atoms with Crippen molar-refractivity contribution in [1.82, 2.24) is 0 Å². The van der Waals surface area contributed by atoms with Gasteiger partial charge in [0.2, 0.25) is 0 Å². The average molecular weight is 316 g/mol. The molecule has 0 spiro atoms. The molecule has 22 heavy (non-hydrogen) atoms. The first-order valence-electron chi connectivity index (χ1n) is 6.92. The van der Waals surface area contributed by atoms with E-state index in [-0.39, 0.29) is 11.4 Å². The Morgan fingerprint density at radius 1 is 1.09 bits per heavy atom. The zero-order valence-corrected chi connectivity index (χ0v) is 13.6. The van der Waals surface area contributed by atoms with Gasteiger partial charge in [0.15, 0.2) is 0 Å². The highest BCUT2D eigenvalue weighted by Gasteiger charge is 2.25. The molecule has 0 aliphatic rings. The van der Waals surface area contributed by atoms with E-state index >= 15 is 0 Å². The molecule has 2 N–H and O–H groups in total. The second-order valence-corrected chi connectivity index (χ2v) is 7.06. The molecule has 0 fully saturated rings. The van der Waals surface area contributed by atoms with Crippen LogP contribution < -0.4 is 10.0 Å². The zero-order chi connectivity index (χ0) is 16.3. The van der Waals surface area contributed by atoms with E-state index in [4.69, 9.17) is 5.73 Å². The van der Waals surface area contributed by atoms with Crippen molar-refractivity contribution in [2.45, 2.75) is 18.7 Å². The van der Waals surface area contributed by atoms with Crippen molar-refractivity contribution in [2.24, 2.45) is 0 Å². The maximum atomic E-state index is 12.9. The van der Waals surface area contributed by atoms with Gasteiger partial charge in [-0.1, -0.05) is 29.8 Å². The summed E-state index contributed by atoms with van der Waals surface area (Å²) in [6, 6.07) is 12.1. The van der Waals surface area contributed by atoms with Crippen LogP contribution in [0.25, 0.3) is 0 Å². The van der Waals surface area contributed by atoms with Crippen molar-refractivity contribution in [3.8, 4) is 0 Å². The summed E-state index contributed by atoms with van der Waals surface area (Å²) in [6.45, 7) is 7.62. The minimum Gasteiger partial charge on any atom is -0.397 e. The number of aryl methyl sites for hydroxylation is 2. The molecule has 0 saturated heterocycles. The number of hydrogen-bond donors (Lipinski definition) is 1. The van der Waals surface area contributed by atoms with Crippen LogP contribution >= 0.6 is 0 Å². The number of benzene rings is 2. The molecule has 2 aromatic rings. The number of sulfonamides is 1. The predicted molar refractivity (Wildman–Crippen MR) is 91.5 cm³/mol. The van der Waals surface area contributed by atoms with Crippen LogP contribution in [0.4, 0.5) is 11.4 Å². The van der Waals surface area contributed by atoms with Crippen molar-refractivity contribution < 1.29 is 8.42 Å². The predicted octanol–water partition coefficient (Wildman–Crippen LogP) is 3.27. The summed E-state index contributed by atoms with van der Waals surface area (Å²) in [5.74, 6) is 0. The number of nitrogens with zero attached hydrogens (tertiary/aromatic N) is 1. The van der Waals surface area contributed by atoms with Crippen LogP contribution in [0.3, 0.4) is 0 Å². The Morgan fingerprint density at radius 3 is 2.27 bits per heavy atom. The largest absolute Gasteiger partial charge is 0.397 e. The second kappa shape index (κ2) is 6.23. The van der Waals surface area contributed by atoms with Gasteiger partial charge in [-0.25, -0.2) is 8.42 Å². The minimum absolute atomic E-state index is 0.157. The lowest BCUT2D eigenvalue weighted by molar-refractivity contribution is 0.593. The number of rotatable bonds is 5.